The van der Waals surface area contributed by atoms with Crippen LogP contribution in [0.2, 0.25) is 0 Å². The van der Waals surface area contributed by atoms with Crippen LogP contribution in [0, 0.1) is 0 Å². The number of piperazine rings is 1. The average Bonchev–Trinajstić information content (AvgIpc) is 2.63. The van der Waals surface area contributed by atoms with Crippen LogP contribution in [0.3, 0.4) is 0 Å². The minimum absolute atomic E-state index is 0. The molecule has 0 atom stereocenters. The van der Waals surface area contributed by atoms with E-state index in [4.69, 9.17) is 0 Å². The third-order valence-corrected chi connectivity index (χ3v) is 6.32. The van der Waals surface area contributed by atoms with E-state index in [1.165, 1.54) is 5.56 Å². The van der Waals surface area contributed by atoms with Gasteiger partial charge in [0.05, 0.1) is 0 Å². The number of pyridine rings is 1. The van der Waals surface area contributed by atoms with E-state index in [-0.39, 0.29) is 28.7 Å². The smallest absolute Gasteiger partial charge is 0.193 e. The number of nitrogens with one attached hydrogen (secondary N) is 1. The van der Waals surface area contributed by atoms with Crippen LogP contribution >= 0.6 is 35.7 Å². The maximum Gasteiger partial charge on any atom is 0.193 e. The number of guanidine groups is 1. The summed E-state index contributed by atoms with van der Waals surface area (Å²) in [6, 6.07) is 4.32. The van der Waals surface area contributed by atoms with Crippen LogP contribution in [-0.4, -0.2) is 84.6 Å². The number of aromatic nitrogens is 1. The number of aliphatic imine (C=N–C) groups is 1. The monoisotopic (exact) mass is 504 g/mol. The topological polar surface area (TPSA) is 47.0 Å². The van der Waals surface area contributed by atoms with Crippen molar-refractivity contribution in [2.45, 2.75) is 25.1 Å². The lowest BCUT2D eigenvalue weighted by molar-refractivity contribution is 0.312. The zero-order chi connectivity index (χ0) is 18.6. The number of nitrogens with zero attached hydrogens (tertiary/aromatic N) is 5. The zero-order valence-electron chi connectivity index (χ0n) is 16.9. The summed E-state index contributed by atoms with van der Waals surface area (Å²) in [4.78, 5) is 16.2. The fourth-order valence-electron chi connectivity index (χ4n) is 3.45. The Morgan fingerprint density at radius 1 is 1.22 bits per heavy atom. The number of likely N-dealkylation sites (N-methyl/N-ethyl adjacent to an activating group) is 1. The summed E-state index contributed by atoms with van der Waals surface area (Å²) in [7, 11) is 4.04. The van der Waals surface area contributed by atoms with Crippen molar-refractivity contribution in [2.24, 2.45) is 4.99 Å². The highest BCUT2D eigenvalue weighted by Gasteiger charge is 2.28. The van der Waals surface area contributed by atoms with E-state index in [9.17, 15) is 0 Å². The number of halogens is 1. The lowest BCUT2D eigenvalue weighted by atomic mass is 10.2. The van der Waals surface area contributed by atoms with Gasteiger partial charge in [0.25, 0.3) is 0 Å². The normalized spacial score (nSPS) is 21.0. The first kappa shape index (κ1) is 22.5. The van der Waals surface area contributed by atoms with Crippen molar-refractivity contribution in [3.05, 3.63) is 23.9 Å². The molecule has 3 heterocycles. The van der Waals surface area contributed by atoms with Gasteiger partial charge in [-0.25, -0.2) is 4.98 Å². The van der Waals surface area contributed by atoms with Crippen LogP contribution in [0.5, 0.6) is 0 Å². The van der Waals surface area contributed by atoms with Crippen molar-refractivity contribution < 1.29 is 0 Å². The van der Waals surface area contributed by atoms with Gasteiger partial charge in [-0.2, -0.15) is 11.8 Å². The second-order valence-electron chi connectivity index (χ2n) is 7.75. The van der Waals surface area contributed by atoms with E-state index in [1.807, 2.05) is 25.0 Å². The third-order valence-electron chi connectivity index (χ3n) is 5.02. The summed E-state index contributed by atoms with van der Waals surface area (Å²) in [5, 5.41) is 3.50. The lowest BCUT2D eigenvalue weighted by Crippen LogP contribution is -2.50. The SMILES string of the molecule is CN=C(NCc1ccc(N2CCN(C)CC2)nc1)N1CCSC(C)(C)C1.I. The summed E-state index contributed by atoms with van der Waals surface area (Å²) < 4.78 is 0.279. The maximum atomic E-state index is 4.68. The van der Waals surface area contributed by atoms with E-state index in [1.54, 1.807) is 0 Å². The minimum Gasteiger partial charge on any atom is -0.354 e. The number of rotatable bonds is 3. The van der Waals surface area contributed by atoms with Gasteiger partial charge in [0.15, 0.2) is 5.96 Å². The van der Waals surface area contributed by atoms with Gasteiger partial charge in [-0.1, -0.05) is 6.07 Å². The molecule has 1 aromatic rings. The second kappa shape index (κ2) is 10.2. The average molecular weight is 504 g/mol. The standard InChI is InChI=1S/C19H32N6S.HI/c1-19(2)15-25(11-12-26-19)18(20-3)22-14-16-5-6-17(21-13-16)24-9-7-23(4)8-10-24;/h5-6,13H,7-12,14-15H2,1-4H3,(H,20,22);1H. The first-order valence-electron chi connectivity index (χ1n) is 9.45. The number of anilines is 1. The van der Waals surface area contributed by atoms with E-state index >= 15 is 0 Å². The summed E-state index contributed by atoms with van der Waals surface area (Å²) in [5.41, 5.74) is 1.19. The van der Waals surface area contributed by atoms with E-state index in [2.05, 4.69) is 63.0 Å². The van der Waals surface area contributed by atoms with Crippen LogP contribution in [0.15, 0.2) is 23.3 Å². The van der Waals surface area contributed by atoms with Gasteiger partial charge < -0.3 is 20.0 Å². The van der Waals surface area contributed by atoms with Gasteiger partial charge in [-0.15, -0.1) is 24.0 Å². The summed E-state index contributed by atoms with van der Waals surface area (Å²) in [6.45, 7) is 11.7. The predicted octanol–water partition coefficient (Wildman–Crippen LogP) is 2.35. The fraction of sp³-hybridized carbons (Fsp3) is 0.684. The van der Waals surface area contributed by atoms with E-state index in [0.717, 1.165) is 63.3 Å². The van der Waals surface area contributed by atoms with Crippen LogP contribution in [0.1, 0.15) is 19.4 Å². The first-order chi connectivity index (χ1) is 12.5. The Balaban J connectivity index is 0.00000261. The highest BCUT2D eigenvalue weighted by Crippen LogP contribution is 2.29. The van der Waals surface area contributed by atoms with Gasteiger partial charge >= 0.3 is 0 Å². The summed E-state index contributed by atoms with van der Waals surface area (Å²) in [5.74, 6) is 3.22. The number of thioether (sulfide) groups is 1. The Labute approximate surface area is 185 Å². The summed E-state index contributed by atoms with van der Waals surface area (Å²) >= 11 is 2.04. The molecule has 2 aliphatic heterocycles. The highest BCUT2D eigenvalue weighted by molar-refractivity contribution is 14.0. The van der Waals surface area contributed by atoms with Crippen LogP contribution in [-0.2, 0) is 6.54 Å². The molecular formula is C19H33IN6S. The molecule has 0 aromatic carbocycles. The maximum absolute atomic E-state index is 4.68. The number of hydrogen-bond donors (Lipinski definition) is 1. The van der Waals surface area contributed by atoms with Gasteiger partial charge in [0.1, 0.15) is 5.82 Å². The molecule has 0 radical (unpaired) electrons. The molecule has 1 N–H and O–H groups in total. The predicted molar refractivity (Wildman–Crippen MR) is 128 cm³/mol. The molecule has 0 unspecified atom stereocenters. The molecule has 3 rings (SSSR count). The van der Waals surface area contributed by atoms with Gasteiger partial charge in [0, 0.05) is 69.6 Å². The van der Waals surface area contributed by atoms with Crippen LogP contribution in [0.4, 0.5) is 5.82 Å². The zero-order valence-corrected chi connectivity index (χ0v) is 20.1. The molecule has 6 nitrogen and oxygen atoms in total. The lowest BCUT2D eigenvalue weighted by Gasteiger charge is -2.39. The largest absolute Gasteiger partial charge is 0.354 e. The Bertz CT molecular complexity index is 613. The Hall–Kier alpha value is -0.740. The molecule has 2 aliphatic rings. The molecule has 2 saturated heterocycles. The van der Waals surface area contributed by atoms with Crippen molar-refractivity contribution in [2.75, 3.05) is 64.0 Å². The number of hydrogen-bond acceptors (Lipinski definition) is 5. The molecule has 27 heavy (non-hydrogen) atoms. The van der Waals surface area contributed by atoms with Gasteiger partial charge in [0.2, 0.25) is 0 Å². The highest BCUT2D eigenvalue weighted by atomic mass is 127. The Kier molecular flexibility index (Phi) is 8.48. The van der Waals surface area contributed by atoms with E-state index in [0.29, 0.717) is 0 Å². The third kappa shape index (κ3) is 6.39. The fourth-order valence-corrected chi connectivity index (χ4v) is 4.57. The van der Waals surface area contributed by atoms with Crippen molar-refractivity contribution in [3.8, 4) is 0 Å². The molecule has 152 valence electrons. The van der Waals surface area contributed by atoms with Crippen molar-refractivity contribution in [3.63, 3.8) is 0 Å². The molecule has 0 aliphatic carbocycles. The molecule has 0 saturated carbocycles. The second-order valence-corrected chi connectivity index (χ2v) is 9.55. The van der Waals surface area contributed by atoms with Gasteiger partial charge in [-0.05, 0) is 32.5 Å². The first-order valence-corrected chi connectivity index (χ1v) is 10.4. The molecule has 0 amide bonds. The van der Waals surface area contributed by atoms with E-state index < -0.39 is 0 Å². The molecule has 0 spiro atoms. The molecule has 8 heteroatoms. The molecule has 0 bridgehead atoms. The quantitative estimate of drug-likeness (QED) is 0.388. The van der Waals surface area contributed by atoms with Crippen molar-refractivity contribution >= 4 is 47.5 Å². The molecule has 2 fully saturated rings. The van der Waals surface area contributed by atoms with Crippen molar-refractivity contribution in [1.29, 1.82) is 0 Å². The van der Waals surface area contributed by atoms with Gasteiger partial charge in [-0.3, -0.25) is 4.99 Å². The van der Waals surface area contributed by atoms with Crippen molar-refractivity contribution in [1.82, 2.24) is 20.1 Å². The Morgan fingerprint density at radius 2 is 1.96 bits per heavy atom. The Morgan fingerprint density at radius 3 is 2.56 bits per heavy atom. The molecular weight excluding hydrogens is 471 g/mol. The van der Waals surface area contributed by atoms with Crippen LogP contribution < -0.4 is 10.2 Å². The molecule has 1 aromatic heterocycles. The minimum atomic E-state index is 0. The summed E-state index contributed by atoms with van der Waals surface area (Å²) in [6.07, 6.45) is 1.99. The van der Waals surface area contributed by atoms with Crippen LogP contribution in [0.25, 0.3) is 0 Å².